The molecule has 0 saturated carbocycles. The van der Waals surface area contributed by atoms with Crippen LogP contribution in [-0.2, 0) is 0 Å². The second-order valence-corrected chi connectivity index (χ2v) is 4.42. The van der Waals surface area contributed by atoms with Gasteiger partial charge in [-0.1, -0.05) is 23.8 Å². The van der Waals surface area contributed by atoms with Crippen molar-refractivity contribution in [2.45, 2.75) is 19.3 Å². The summed E-state index contributed by atoms with van der Waals surface area (Å²) in [4.78, 5) is 4.96. The molecule has 0 aromatic carbocycles. The molecule has 14 heavy (non-hydrogen) atoms. The molecule has 1 saturated heterocycles. The normalized spacial score (nSPS) is 25.1. The molecule has 2 nitrogen and oxygen atoms in total. The van der Waals surface area contributed by atoms with Gasteiger partial charge in [-0.2, -0.15) is 0 Å². The van der Waals surface area contributed by atoms with Crippen molar-refractivity contribution in [3.8, 4) is 0 Å². The van der Waals surface area contributed by atoms with Crippen LogP contribution in [0.4, 0.5) is 0 Å². The molecule has 2 aliphatic rings. The second-order valence-electron chi connectivity index (χ2n) is 4.42. The zero-order valence-electron chi connectivity index (χ0n) is 9.08. The van der Waals surface area contributed by atoms with E-state index in [1.807, 2.05) is 0 Å². The molecule has 0 aromatic rings. The van der Waals surface area contributed by atoms with Crippen molar-refractivity contribution in [2.24, 2.45) is 0 Å². The third kappa shape index (κ3) is 2.69. The standard InChI is InChI=1S/C12H20N2/c1-13-8-5-9-14(11-13)10-12-6-3-2-4-7-12/h2-3,6H,4-5,7-11H2,1H3. The molecule has 2 rings (SSSR count). The summed E-state index contributed by atoms with van der Waals surface area (Å²) in [7, 11) is 2.21. The third-order valence-corrected chi connectivity index (χ3v) is 2.98. The molecule has 1 aliphatic heterocycles. The SMILES string of the molecule is CN1CCCN(CC2=CC=CCC2)C1. The minimum absolute atomic E-state index is 1.14. The highest BCUT2D eigenvalue weighted by Crippen LogP contribution is 2.14. The van der Waals surface area contributed by atoms with Gasteiger partial charge in [-0.25, -0.2) is 0 Å². The van der Waals surface area contributed by atoms with Gasteiger partial charge < -0.3 is 0 Å². The Kier molecular flexibility index (Phi) is 3.38. The minimum Gasteiger partial charge on any atom is -0.293 e. The highest BCUT2D eigenvalue weighted by Gasteiger charge is 2.14. The molecule has 0 aromatic heterocycles. The van der Waals surface area contributed by atoms with Gasteiger partial charge in [0.25, 0.3) is 0 Å². The monoisotopic (exact) mass is 192 g/mol. The molecule has 0 atom stereocenters. The van der Waals surface area contributed by atoms with Crippen LogP contribution in [0.25, 0.3) is 0 Å². The van der Waals surface area contributed by atoms with E-state index in [0.29, 0.717) is 0 Å². The Morgan fingerprint density at radius 2 is 2.29 bits per heavy atom. The second kappa shape index (κ2) is 4.76. The average molecular weight is 192 g/mol. The van der Waals surface area contributed by atoms with Crippen molar-refractivity contribution in [3.63, 3.8) is 0 Å². The lowest BCUT2D eigenvalue weighted by atomic mass is 10.0. The van der Waals surface area contributed by atoms with Crippen LogP contribution in [0.5, 0.6) is 0 Å². The summed E-state index contributed by atoms with van der Waals surface area (Å²) in [6.07, 6.45) is 10.6. The van der Waals surface area contributed by atoms with Gasteiger partial charge in [0.05, 0.1) is 6.67 Å². The highest BCUT2D eigenvalue weighted by molar-refractivity contribution is 5.18. The molecule has 0 radical (unpaired) electrons. The van der Waals surface area contributed by atoms with Gasteiger partial charge in [0.2, 0.25) is 0 Å². The van der Waals surface area contributed by atoms with Gasteiger partial charge in [0.1, 0.15) is 0 Å². The maximum atomic E-state index is 2.55. The summed E-state index contributed by atoms with van der Waals surface area (Å²) < 4.78 is 0. The van der Waals surface area contributed by atoms with Crippen molar-refractivity contribution in [1.29, 1.82) is 0 Å². The summed E-state index contributed by atoms with van der Waals surface area (Å²) >= 11 is 0. The average Bonchev–Trinajstić information content (AvgIpc) is 2.19. The Hall–Kier alpha value is -0.600. The topological polar surface area (TPSA) is 6.48 Å². The fourth-order valence-electron chi connectivity index (χ4n) is 2.25. The van der Waals surface area contributed by atoms with Crippen LogP contribution >= 0.6 is 0 Å². The largest absolute Gasteiger partial charge is 0.293 e. The zero-order valence-corrected chi connectivity index (χ0v) is 9.08. The lowest BCUT2D eigenvalue weighted by molar-refractivity contribution is 0.116. The molecule has 0 spiro atoms. The first-order chi connectivity index (χ1) is 6.84. The fraction of sp³-hybridized carbons (Fsp3) is 0.667. The van der Waals surface area contributed by atoms with Crippen LogP contribution in [0, 0.1) is 0 Å². The molecular weight excluding hydrogens is 172 g/mol. The Balaban J connectivity index is 1.84. The Morgan fingerprint density at radius 1 is 1.36 bits per heavy atom. The van der Waals surface area contributed by atoms with E-state index in [1.165, 1.54) is 38.9 Å². The van der Waals surface area contributed by atoms with E-state index in [9.17, 15) is 0 Å². The van der Waals surface area contributed by atoms with E-state index in [1.54, 1.807) is 5.57 Å². The predicted octanol–water partition coefficient (Wildman–Crippen LogP) is 1.86. The molecule has 1 fully saturated rings. The van der Waals surface area contributed by atoms with Crippen LogP contribution in [0.1, 0.15) is 19.3 Å². The predicted molar refractivity (Wildman–Crippen MR) is 60.1 cm³/mol. The van der Waals surface area contributed by atoms with Crippen LogP contribution in [0.15, 0.2) is 23.8 Å². The van der Waals surface area contributed by atoms with E-state index < -0.39 is 0 Å². The lowest BCUT2D eigenvalue weighted by Gasteiger charge is -2.33. The van der Waals surface area contributed by atoms with Gasteiger partial charge in [-0.3, -0.25) is 9.80 Å². The first kappa shape index (κ1) is 9.94. The lowest BCUT2D eigenvalue weighted by Crippen LogP contribution is -2.43. The van der Waals surface area contributed by atoms with Crippen molar-refractivity contribution in [3.05, 3.63) is 23.8 Å². The maximum absolute atomic E-state index is 2.55. The molecule has 0 N–H and O–H groups in total. The molecule has 1 aliphatic carbocycles. The zero-order chi connectivity index (χ0) is 9.80. The first-order valence-corrected chi connectivity index (χ1v) is 5.60. The van der Waals surface area contributed by atoms with Gasteiger partial charge in [-0.15, -0.1) is 0 Å². The highest BCUT2D eigenvalue weighted by atomic mass is 15.3. The van der Waals surface area contributed by atoms with Crippen molar-refractivity contribution in [2.75, 3.05) is 33.4 Å². The quantitative estimate of drug-likeness (QED) is 0.659. The number of allylic oxidation sites excluding steroid dienone is 3. The summed E-state index contributed by atoms with van der Waals surface area (Å²) in [6, 6.07) is 0. The fourth-order valence-corrected chi connectivity index (χ4v) is 2.25. The number of hydrogen-bond acceptors (Lipinski definition) is 2. The van der Waals surface area contributed by atoms with E-state index in [0.717, 1.165) is 6.67 Å². The van der Waals surface area contributed by atoms with Crippen molar-refractivity contribution in [1.82, 2.24) is 9.80 Å². The summed E-state index contributed by atoms with van der Waals surface area (Å²) in [6.45, 7) is 4.84. The van der Waals surface area contributed by atoms with Crippen LogP contribution in [0.2, 0.25) is 0 Å². The number of hydrogen-bond donors (Lipinski definition) is 0. The minimum atomic E-state index is 1.14. The van der Waals surface area contributed by atoms with Crippen LogP contribution in [0.3, 0.4) is 0 Å². The molecule has 1 heterocycles. The Labute approximate surface area is 86.9 Å². The number of nitrogens with zero attached hydrogens (tertiary/aromatic N) is 2. The third-order valence-electron chi connectivity index (χ3n) is 2.98. The van der Waals surface area contributed by atoms with Gasteiger partial charge >= 0.3 is 0 Å². The van der Waals surface area contributed by atoms with E-state index in [4.69, 9.17) is 0 Å². The number of rotatable bonds is 2. The molecule has 0 amide bonds. The first-order valence-electron chi connectivity index (χ1n) is 5.60. The summed E-state index contributed by atoms with van der Waals surface area (Å²) in [5, 5.41) is 0. The van der Waals surface area contributed by atoms with E-state index in [2.05, 4.69) is 35.1 Å². The summed E-state index contributed by atoms with van der Waals surface area (Å²) in [5.74, 6) is 0. The van der Waals surface area contributed by atoms with Crippen LogP contribution in [-0.4, -0.2) is 43.2 Å². The molecule has 2 heteroatoms. The van der Waals surface area contributed by atoms with E-state index >= 15 is 0 Å². The molecule has 78 valence electrons. The van der Waals surface area contributed by atoms with Gasteiger partial charge in [0, 0.05) is 19.6 Å². The Morgan fingerprint density at radius 3 is 3.00 bits per heavy atom. The van der Waals surface area contributed by atoms with E-state index in [-0.39, 0.29) is 0 Å². The Bertz CT molecular complexity index is 243. The van der Waals surface area contributed by atoms with Crippen molar-refractivity contribution >= 4 is 0 Å². The molecule has 0 unspecified atom stereocenters. The smallest absolute Gasteiger partial charge is 0.0506 e. The van der Waals surface area contributed by atoms with Crippen molar-refractivity contribution < 1.29 is 0 Å². The summed E-state index contributed by atoms with van der Waals surface area (Å²) in [5.41, 5.74) is 1.60. The van der Waals surface area contributed by atoms with Gasteiger partial charge in [0.15, 0.2) is 0 Å². The van der Waals surface area contributed by atoms with Gasteiger partial charge in [-0.05, 0) is 26.3 Å². The molecule has 0 bridgehead atoms. The molecular formula is C12H20N2. The van der Waals surface area contributed by atoms with Crippen LogP contribution < -0.4 is 0 Å². The maximum Gasteiger partial charge on any atom is 0.0506 e.